The van der Waals surface area contributed by atoms with Gasteiger partial charge in [0.15, 0.2) is 5.84 Å². The van der Waals surface area contributed by atoms with E-state index in [0.717, 1.165) is 18.3 Å². The zero-order valence-corrected chi connectivity index (χ0v) is 20.8. The summed E-state index contributed by atoms with van der Waals surface area (Å²) in [6.07, 6.45) is 0.579. The van der Waals surface area contributed by atoms with Crippen LogP contribution in [0, 0.1) is 5.41 Å². The Kier molecular flexibility index (Phi) is 5.96. The fourth-order valence-electron chi connectivity index (χ4n) is 3.99. The van der Waals surface area contributed by atoms with E-state index in [9.17, 15) is 29.0 Å². The summed E-state index contributed by atoms with van der Waals surface area (Å²) in [5, 5.41) is 11.7. The number of ether oxygens (including phenoxy) is 1. The lowest BCUT2D eigenvalue weighted by Crippen LogP contribution is -2.58. The standard InChI is InChI=1S/C22H27F5N4O4S/c1-21(2,3)35-20(33)31-11-22(4,12-31)9-13-5-6-15(36(23,24,25,26)27)8-16(13)17-7-14(18(28)30-34)10-29-19(17)32/h5-8,10,34H,9,11-12H2,1-4H3,(H2,28,30)(H,29,32). The highest BCUT2D eigenvalue weighted by atomic mass is 32.5. The molecule has 0 aliphatic carbocycles. The number of carbonyl (C=O) groups is 1. The smallest absolute Gasteiger partial charge is 0.410 e. The largest absolute Gasteiger partial charge is 0.444 e. The minimum absolute atomic E-state index is 0.0400. The molecule has 1 aromatic heterocycles. The van der Waals surface area contributed by atoms with Crippen molar-refractivity contribution in [2.24, 2.45) is 16.3 Å². The predicted octanol–water partition coefficient (Wildman–Crippen LogP) is 5.59. The van der Waals surface area contributed by atoms with E-state index < -0.39 is 43.6 Å². The molecule has 3 rings (SSSR count). The van der Waals surface area contributed by atoms with Gasteiger partial charge in [0.1, 0.15) is 10.5 Å². The Morgan fingerprint density at radius 3 is 2.33 bits per heavy atom. The molecular weight excluding hydrogens is 511 g/mol. The van der Waals surface area contributed by atoms with Crippen LogP contribution >= 0.6 is 10.2 Å². The topological polar surface area (TPSA) is 121 Å². The monoisotopic (exact) mass is 538 g/mol. The molecule has 1 amide bonds. The first-order chi connectivity index (χ1) is 16.1. The van der Waals surface area contributed by atoms with Crippen molar-refractivity contribution in [1.29, 1.82) is 0 Å². The number of aromatic amines is 1. The zero-order chi connectivity index (χ0) is 27.4. The maximum absolute atomic E-state index is 13.6. The number of hydrogen-bond acceptors (Lipinski definition) is 5. The van der Waals surface area contributed by atoms with Gasteiger partial charge >= 0.3 is 16.3 Å². The van der Waals surface area contributed by atoms with E-state index in [4.69, 9.17) is 15.7 Å². The minimum atomic E-state index is -10.1. The van der Waals surface area contributed by atoms with Crippen LogP contribution in [0.1, 0.15) is 38.8 Å². The zero-order valence-electron chi connectivity index (χ0n) is 19.9. The molecule has 1 aromatic carbocycles. The average Bonchev–Trinajstić information content (AvgIpc) is 2.69. The molecule has 0 radical (unpaired) electrons. The molecule has 8 nitrogen and oxygen atoms in total. The van der Waals surface area contributed by atoms with Crippen LogP contribution in [-0.2, 0) is 11.2 Å². The first kappa shape index (κ1) is 27.3. The van der Waals surface area contributed by atoms with Crippen LogP contribution in [0.2, 0.25) is 0 Å². The second kappa shape index (κ2) is 7.85. The lowest BCUT2D eigenvalue weighted by molar-refractivity contribution is -0.0276. The van der Waals surface area contributed by atoms with E-state index >= 15 is 0 Å². The van der Waals surface area contributed by atoms with Crippen molar-refractivity contribution < 1.29 is 34.2 Å². The number of H-pyrrole nitrogens is 1. The quantitative estimate of drug-likeness (QED) is 0.151. The number of halogens is 5. The number of benzene rings is 1. The number of hydrogen-bond donors (Lipinski definition) is 3. The summed E-state index contributed by atoms with van der Waals surface area (Å²) in [5.41, 5.74) is 2.70. The van der Waals surface area contributed by atoms with Crippen molar-refractivity contribution in [2.45, 2.75) is 44.6 Å². The van der Waals surface area contributed by atoms with E-state index in [2.05, 4.69) is 10.1 Å². The van der Waals surface area contributed by atoms with Gasteiger partial charge in [0.2, 0.25) is 0 Å². The molecule has 14 heteroatoms. The van der Waals surface area contributed by atoms with Gasteiger partial charge in [-0.25, -0.2) is 4.79 Å². The summed E-state index contributed by atoms with van der Waals surface area (Å²) >= 11 is 0. The number of nitrogens with one attached hydrogen (secondary N) is 1. The molecule has 1 aliphatic rings. The predicted molar refractivity (Wildman–Crippen MR) is 126 cm³/mol. The molecule has 36 heavy (non-hydrogen) atoms. The number of pyridine rings is 1. The van der Waals surface area contributed by atoms with Crippen LogP contribution in [0.5, 0.6) is 0 Å². The Morgan fingerprint density at radius 1 is 1.19 bits per heavy atom. The molecule has 0 bridgehead atoms. The van der Waals surface area contributed by atoms with Crippen LogP contribution in [0.25, 0.3) is 11.1 Å². The van der Waals surface area contributed by atoms with Crippen LogP contribution < -0.4 is 11.3 Å². The maximum Gasteiger partial charge on any atom is 0.410 e. The lowest BCUT2D eigenvalue weighted by Gasteiger charge is -2.48. The van der Waals surface area contributed by atoms with Gasteiger partial charge in [-0.1, -0.05) is 37.6 Å². The number of amidine groups is 1. The number of oxime groups is 1. The Hall–Kier alpha value is -3.29. The van der Waals surface area contributed by atoms with Crippen molar-refractivity contribution in [3.05, 3.63) is 51.9 Å². The van der Waals surface area contributed by atoms with Crippen molar-refractivity contribution in [3.63, 3.8) is 0 Å². The molecule has 1 fully saturated rings. The third kappa shape index (κ3) is 6.09. The second-order valence-corrected chi connectivity index (χ2v) is 12.6. The minimum Gasteiger partial charge on any atom is -0.444 e. The van der Waals surface area contributed by atoms with Crippen molar-refractivity contribution in [2.75, 3.05) is 13.1 Å². The first-order valence-corrected chi connectivity index (χ1v) is 12.6. The third-order valence-corrected chi connectivity index (χ3v) is 6.68. The summed E-state index contributed by atoms with van der Waals surface area (Å²) in [4.78, 5) is 26.4. The Labute approximate surface area is 203 Å². The number of rotatable bonds is 5. The fourth-order valence-corrected chi connectivity index (χ4v) is 4.66. The van der Waals surface area contributed by atoms with Crippen molar-refractivity contribution in [3.8, 4) is 11.1 Å². The molecule has 0 spiro atoms. The maximum atomic E-state index is 13.6. The summed E-state index contributed by atoms with van der Waals surface area (Å²) in [7, 11) is -10.1. The number of likely N-dealkylation sites (tertiary alicyclic amines) is 1. The molecule has 0 saturated carbocycles. The van der Waals surface area contributed by atoms with Crippen molar-refractivity contribution >= 4 is 22.2 Å². The highest BCUT2D eigenvalue weighted by molar-refractivity contribution is 8.45. The van der Waals surface area contributed by atoms with Crippen LogP contribution in [0.4, 0.5) is 24.2 Å². The van der Waals surface area contributed by atoms with Crippen LogP contribution in [-0.4, -0.2) is 45.7 Å². The highest BCUT2D eigenvalue weighted by Crippen LogP contribution is 3.02. The molecular formula is C22H27F5N4O4S. The van der Waals surface area contributed by atoms with Gasteiger partial charge in [0, 0.05) is 35.8 Å². The molecule has 4 N–H and O–H groups in total. The Balaban J connectivity index is 2.06. The molecule has 1 aliphatic heterocycles. The van der Waals surface area contributed by atoms with Crippen LogP contribution in [0.3, 0.4) is 0 Å². The highest BCUT2D eigenvalue weighted by Gasteiger charge is 2.65. The first-order valence-electron chi connectivity index (χ1n) is 10.7. The molecule has 0 unspecified atom stereocenters. The number of aromatic nitrogens is 1. The van der Waals surface area contributed by atoms with Gasteiger partial charge in [-0.15, -0.1) is 0 Å². The SMILES string of the molecule is CC1(Cc2ccc(S(F)(F)(F)(F)F)cc2-c2cc(/C(N)=N/O)c[nH]c2=O)CN(C(=O)OC(C)(C)C)C1. The molecule has 0 atom stereocenters. The second-order valence-electron chi connectivity index (χ2n) is 10.2. The number of nitrogens with zero attached hydrogens (tertiary/aromatic N) is 2. The van der Waals surface area contributed by atoms with Gasteiger partial charge in [-0.05, 0) is 56.5 Å². The van der Waals surface area contributed by atoms with Crippen LogP contribution in [0.15, 0.2) is 45.3 Å². The average molecular weight is 539 g/mol. The summed E-state index contributed by atoms with van der Waals surface area (Å²) in [5.74, 6) is -0.447. The van der Waals surface area contributed by atoms with Crippen molar-refractivity contribution in [1.82, 2.24) is 9.88 Å². The van der Waals surface area contributed by atoms with E-state index in [1.165, 1.54) is 4.90 Å². The van der Waals surface area contributed by atoms with E-state index in [1.807, 2.05) is 0 Å². The number of amides is 1. The van der Waals surface area contributed by atoms with E-state index in [0.29, 0.717) is 0 Å². The van der Waals surface area contributed by atoms with Gasteiger partial charge in [0.25, 0.3) is 5.56 Å². The molecule has 1 saturated heterocycles. The Bertz CT molecular complexity index is 1300. The van der Waals surface area contributed by atoms with E-state index in [-0.39, 0.29) is 53.9 Å². The molecule has 2 aromatic rings. The molecule has 2 heterocycles. The van der Waals surface area contributed by atoms with Gasteiger partial charge in [-0.3, -0.25) is 4.79 Å². The summed E-state index contributed by atoms with van der Waals surface area (Å²) in [6.45, 7) is 7.28. The number of nitrogens with two attached hydrogens (primary N) is 1. The normalized spacial score (nSPS) is 18.1. The fraction of sp³-hybridized carbons (Fsp3) is 0.409. The van der Waals surface area contributed by atoms with Gasteiger partial charge < -0.3 is 25.6 Å². The van der Waals surface area contributed by atoms with Gasteiger partial charge in [-0.2, -0.15) is 0 Å². The lowest BCUT2D eigenvalue weighted by atomic mass is 9.75. The summed E-state index contributed by atoms with van der Waals surface area (Å²) < 4.78 is 73.4. The third-order valence-electron chi connectivity index (χ3n) is 5.54. The summed E-state index contributed by atoms with van der Waals surface area (Å²) in [6, 6.07) is 2.48. The van der Waals surface area contributed by atoms with E-state index in [1.54, 1.807) is 27.7 Å². The molecule has 200 valence electrons. The number of carbonyl (C=O) groups excluding carboxylic acids is 1. The van der Waals surface area contributed by atoms with Gasteiger partial charge in [0.05, 0.1) is 0 Å². The Morgan fingerprint density at radius 2 is 1.81 bits per heavy atom.